The van der Waals surface area contributed by atoms with Gasteiger partial charge in [0.1, 0.15) is 0 Å². The largest absolute Gasteiger partial charge is 0.465 e. The molecule has 0 aromatic rings. The maximum absolute atomic E-state index is 11.2. The van der Waals surface area contributed by atoms with Crippen LogP contribution in [-0.4, -0.2) is 37.1 Å². The van der Waals surface area contributed by atoms with Gasteiger partial charge in [0, 0.05) is 6.54 Å². The molecule has 0 spiro atoms. The Bertz CT molecular complexity index is 182. The zero-order valence-corrected chi connectivity index (χ0v) is 9.29. The molecular formula is C11H21NO2. The van der Waals surface area contributed by atoms with Gasteiger partial charge in [-0.25, -0.2) is 0 Å². The van der Waals surface area contributed by atoms with E-state index in [1.165, 1.54) is 19.3 Å². The van der Waals surface area contributed by atoms with E-state index in [1.54, 1.807) is 0 Å². The van der Waals surface area contributed by atoms with E-state index in [9.17, 15) is 4.79 Å². The molecule has 1 atom stereocenters. The minimum atomic E-state index is -0.0794. The molecule has 0 aliphatic carbocycles. The van der Waals surface area contributed by atoms with E-state index in [2.05, 4.69) is 11.8 Å². The van der Waals surface area contributed by atoms with Crippen molar-refractivity contribution in [2.24, 2.45) is 5.92 Å². The molecule has 0 unspecified atom stereocenters. The van der Waals surface area contributed by atoms with E-state index < -0.39 is 0 Å². The molecule has 1 heterocycles. The zero-order valence-electron chi connectivity index (χ0n) is 9.29. The van der Waals surface area contributed by atoms with Crippen LogP contribution in [0.25, 0.3) is 0 Å². The average Bonchev–Trinajstić information content (AvgIpc) is 2.18. The first kappa shape index (κ1) is 11.5. The standard InChI is InChI=1S/C11H21NO2/c1-3-10-6-5-7-12(8-10)9-11(13)14-4-2/h10H,3-9H2,1-2H3/t10-/m1/s1. The number of hydrogen-bond acceptors (Lipinski definition) is 3. The minimum absolute atomic E-state index is 0.0794. The molecule has 3 nitrogen and oxygen atoms in total. The molecule has 0 bridgehead atoms. The lowest BCUT2D eigenvalue weighted by atomic mass is 9.96. The molecule has 82 valence electrons. The normalized spacial score (nSPS) is 23.4. The summed E-state index contributed by atoms with van der Waals surface area (Å²) >= 11 is 0. The predicted molar refractivity (Wildman–Crippen MR) is 56.1 cm³/mol. The summed E-state index contributed by atoms with van der Waals surface area (Å²) < 4.78 is 4.93. The fraction of sp³-hybridized carbons (Fsp3) is 0.909. The number of piperidine rings is 1. The van der Waals surface area contributed by atoms with Crippen molar-refractivity contribution in [2.75, 3.05) is 26.2 Å². The van der Waals surface area contributed by atoms with Gasteiger partial charge in [-0.05, 0) is 32.2 Å². The van der Waals surface area contributed by atoms with E-state index in [1.807, 2.05) is 6.92 Å². The number of rotatable bonds is 4. The van der Waals surface area contributed by atoms with Crippen molar-refractivity contribution in [1.82, 2.24) is 4.90 Å². The summed E-state index contributed by atoms with van der Waals surface area (Å²) in [5, 5.41) is 0. The number of hydrogen-bond donors (Lipinski definition) is 0. The molecule has 1 fully saturated rings. The van der Waals surface area contributed by atoms with Gasteiger partial charge in [-0.15, -0.1) is 0 Å². The third-order valence-electron chi connectivity index (χ3n) is 2.84. The van der Waals surface area contributed by atoms with E-state index >= 15 is 0 Å². The first-order valence-corrected chi connectivity index (χ1v) is 5.64. The number of carbonyl (C=O) groups is 1. The maximum Gasteiger partial charge on any atom is 0.320 e. The van der Waals surface area contributed by atoms with Gasteiger partial charge in [-0.3, -0.25) is 9.69 Å². The summed E-state index contributed by atoms with van der Waals surface area (Å²) in [7, 11) is 0. The van der Waals surface area contributed by atoms with Gasteiger partial charge in [0.25, 0.3) is 0 Å². The minimum Gasteiger partial charge on any atom is -0.465 e. The summed E-state index contributed by atoms with van der Waals surface area (Å²) in [5.41, 5.74) is 0. The Kier molecular flexibility index (Phi) is 4.94. The summed E-state index contributed by atoms with van der Waals surface area (Å²) in [4.78, 5) is 13.5. The topological polar surface area (TPSA) is 29.5 Å². The van der Waals surface area contributed by atoms with Crippen LogP contribution in [0.15, 0.2) is 0 Å². The molecule has 0 amide bonds. The van der Waals surface area contributed by atoms with Gasteiger partial charge in [0.2, 0.25) is 0 Å². The molecule has 1 aliphatic heterocycles. The van der Waals surface area contributed by atoms with Crippen LogP contribution < -0.4 is 0 Å². The highest BCUT2D eigenvalue weighted by molar-refractivity contribution is 5.71. The predicted octanol–water partition coefficient (Wildman–Crippen LogP) is 1.67. The highest BCUT2D eigenvalue weighted by Crippen LogP contribution is 2.18. The van der Waals surface area contributed by atoms with Crippen LogP contribution in [0.3, 0.4) is 0 Å². The molecule has 0 radical (unpaired) electrons. The summed E-state index contributed by atoms with van der Waals surface area (Å²) in [5.74, 6) is 0.697. The Labute approximate surface area is 86.4 Å². The molecule has 0 aromatic heterocycles. The average molecular weight is 199 g/mol. The Morgan fingerprint density at radius 3 is 2.93 bits per heavy atom. The summed E-state index contributed by atoms with van der Waals surface area (Å²) in [6.07, 6.45) is 3.76. The Balaban J connectivity index is 2.26. The van der Waals surface area contributed by atoms with Crippen molar-refractivity contribution in [1.29, 1.82) is 0 Å². The van der Waals surface area contributed by atoms with Crippen LogP contribution in [0, 0.1) is 5.92 Å². The third-order valence-corrected chi connectivity index (χ3v) is 2.84. The van der Waals surface area contributed by atoms with E-state index in [-0.39, 0.29) is 5.97 Å². The molecule has 1 rings (SSSR count). The number of carbonyl (C=O) groups excluding carboxylic acids is 1. The molecule has 0 aromatic carbocycles. The van der Waals surface area contributed by atoms with Crippen molar-refractivity contribution >= 4 is 5.97 Å². The molecule has 14 heavy (non-hydrogen) atoms. The SMILES string of the molecule is CCOC(=O)CN1CCC[C@@H](CC)C1. The second-order valence-corrected chi connectivity index (χ2v) is 3.96. The van der Waals surface area contributed by atoms with Crippen LogP contribution in [0.5, 0.6) is 0 Å². The number of nitrogens with zero attached hydrogens (tertiary/aromatic N) is 1. The highest BCUT2D eigenvalue weighted by Gasteiger charge is 2.20. The Hall–Kier alpha value is -0.570. The van der Waals surface area contributed by atoms with Crippen LogP contribution in [0.1, 0.15) is 33.1 Å². The van der Waals surface area contributed by atoms with Crippen LogP contribution in [-0.2, 0) is 9.53 Å². The number of likely N-dealkylation sites (tertiary alicyclic amines) is 1. The maximum atomic E-state index is 11.2. The van der Waals surface area contributed by atoms with Crippen LogP contribution in [0.2, 0.25) is 0 Å². The number of esters is 1. The smallest absolute Gasteiger partial charge is 0.320 e. The second-order valence-electron chi connectivity index (χ2n) is 3.96. The second kappa shape index (κ2) is 6.02. The van der Waals surface area contributed by atoms with Crippen molar-refractivity contribution in [3.8, 4) is 0 Å². The van der Waals surface area contributed by atoms with Gasteiger partial charge < -0.3 is 4.74 Å². The van der Waals surface area contributed by atoms with Gasteiger partial charge in [-0.2, -0.15) is 0 Å². The summed E-state index contributed by atoms with van der Waals surface area (Å²) in [6.45, 7) is 7.15. The van der Waals surface area contributed by atoms with Crippen molar-refractivity contribution in [3.63, 3.8) is 0 Å². The van der Waals surface area contributed by atoms with E-state index in [0.29, 0.717) is 13.2 Å². The lowest BCUT2D eigenvalue weighted by Crippen LogP contribution is -2.39. The van der Waals surface area contributed by atoms with E-state index in [4.69, 9.17) is 4.74 Å². The molecule has 0 N–H and O–H groups in total. The molecule has 1 aliphatic rings. The third kappa shape index (κ3) is 3.66. The molecule has 3 heteroatoms. The fourth-order valence-electron chi connectivity index (χ4n) is 2.02. The monoisotopic (exact) mass is 199 g/mol. The number of ether oxygens (including phenoxy) is 1. The fourth-order valence-corrected chi connectivity index (χ4v) is 2.02. The molecular weight excluding hydrogens is 178 g/mol. The lowest BCUT2D eigenvalue weighted by molar-refractivity contribution is -0.144. The van der Waals surface area contributed by atoms with Gasteiger partial charge >= 0.3 is 5.97 Å². The van der Waals surface area contributed by atoms with Crippen molar-refractivity contribution in [3.05, 3.63) is 0 Å². The lowest BCUT2D eigenvalue weighted by Gasteiger charge is -2.31. The van der Waals surface area contributed by atoms with Crippen molar-refractivity contribution < 1.29 is 9.53 Å². The van der Waals surface area contributed by atoms with E-state index in [0.717, 1.165) is 19.0 Å². The molecule has 1 saturated heterocycles. The first-order chi connectivity index (χ1) is 6.76. The first-order valence-electron chi connectivity index (χ1n) is 5.64. The zero-order chi connectivity index (χ0) is 10.4. The van der Waals surface area contributed by atoms with Gasteiger partial charge in [0.15, 0.2) is 0 Å². The summed E-state index contributed by atoms with van der Waals surface area (Å²) in [6, 6.07) is 0. The van der Waals surface area contributed by atoms with Gasteiger partial charge in [0.05, 0.1) is 13.2 Å². The van der Waals surface area contributed by atoms with Crippen LogP contribution >= 0.6 is 0 Å². The highest BCUT2D eigenvalue weighted by atomic mass is 16.5. The van der Waals surface area contributed by atoms with Crippen molar-refractivity contribution in [2.45, 2.75) is 33.1 Å². The Morgan fingerprint density at radius 2 is 2.29 bits per heavy atom. The molecule has 0 saturated carbocycles. The van der Waals surface area contributed by atoms with Gasteiger partial charge in [-0.1, -0.05) is 13.3 Å². The van der Waals surface area contributed by atoms with Crippen LogP contribution in [0.4, 0.5) is 0 Å². The Morgan fingerprint density at radius 1 is 1.50 bits per heavy atom. The quantitative estimate of drug-likeness (QED) is 0.645.